The van der Waals surface area contributed by atoms with Crippen LogP contribution in [0, 0.1) is 0 Å². The lowest BCUT2D eigenvalue weighted by Crippen LogP contribution is -2.52. The number of carbonyl (C=O) groups is 3. The molecule has 1 unspecified atom stereocenters. The fraction of sp³-hybridized carbons (Fsp3) is 0.654. The van der Waals surface area contributed by atoms with Gasteiger partial charge in [0.1, 0.15) is 17.4 Å². The predicted molar refractivity (Wildman–Crippen MR) is 139 cm³/mol. The summed E-state index contributed by atoms with van der Waals surface area (Å²) in [5.74, 6) is 0.213. The smallest absolute Gasteiger partial charge is 0.410 e. The Bertz CT molecular complexity index is 888. The lowest BCUT2D eigenvalue weighted by Gasteiger charge is -2.36. The molecule has 1 saturated heterocycles. The molecule has 3 amide bonds. The number of hydrogen-bond donors (Lipinski definition) is 2. The van der Waals surface area contributed by atoms with Crippen LogP contribution in [0.3, 0.4) is 0 Å². The van der Waals surface area contributed by atoms with Crippen LogP contribution in [-0.4, -0.2) is 49.3 Å². The number of ether oxygens (including phenoxy) is 1. The van der Waals surface area contributed by atoms with E-state index in [9.17, 15) is 14.4 Å². The number of likely N-dealkylation sites (tertiary alicyclic amines) is 1. The zero-order chi connectivity index (χ0) is 26.4. The number of carbonyl (C=O) groups excluding carboxylic acids is 3. The van der Waals surface area contributed by atoms with Crippen LogP contribution >= 0.6 is 0 Å². The maximum atomic E-state index is 12.5. The summed E-state index contributed by atoms with van der Waals surface area (Å²) in [5, 5.41) is 0.139. The van der Waals surface area contributed by atoms with Crippen molar-refractivity contribution in [3.05, 3.63) is 29.8 Å². The molecule has 196 valence electrons. The molecule has 35 heavy (non-hydrogen) atoms. The minimum Gasteiger partial charge on any atom is -0.544 e. The summed E-state index contributed by atoms with van der Waals surface area (Å²) in [4.78, 5) is 38.5. The van der Waals surface area contributed by atoms with Gasteiger partial charge in [0, 0.05) is 13.0 Å². The first-order chi connectivity index (χ1) is 16.1. The molecule has 0 saturated carbocycles. The maximum absolute atomic E-state index is 12.5. The third kappa shape index (κ3) is 8.87. The molecule has 0 aliphatic carbocycles. The Hall–Kier alpha value is -2.55. The van der Waals surface area contributed by atoms with Gasteiger partial charge in [0.25, 0.3) is 5.91 Å². The quantitative estimate of drug-likeness (QED) is 0.404. The molecule has 0 bridgehead atoms. The maximum Gasteiger partial charge on any atom is 0.410 e. The number of amides is 3. The summed E-state index contributed by atoms with van der Waals surface area (Å²) in [7, 11) is -1.87. The van der Waals surface area contributed by atoms with Crippen LogP contribution < -0.4 is 15.3 Å². The van der Waals surface area contributed by atoms with E-state index in [2.05, 4.69) is 44.7 Å². The fourth-order valence-electron chi connectivity index (χ4n) is 3.48. The lowest BCUT2D eigenvalue weighted by molar-refractivity contribution is -0.131. The van der Waals surface area contributed by atoms with Crippen molar-refractivity contribution in [2.75, 3.05) is 6.54 Å². The van der Waals surface area contributed by atoms with Gasteiger partial charge in [0.15, 0.2) is 0 Å². The van der Waals surface area contributed by atoms with E-state index in [4.69, 9.17) is 9.16 Å². The van der Waals surface area contributed by atoms with Gasteiger partial charge in [0.05, 0.1) is 0 Å². The standard InChI is InChI=1S/C26H43N3O5Si/c1-25(2,3)33-24(32)29-18-10-12-21(29)23(31)28-27-22(30)13-9-11-19-14-16-20(17-15-19)34-35(7,8)26(4,5)6/h14-17,21H,9-13,18H2,1-8H3,(H,27,30)(H,28,31). The number of nitrogens with zero attached hydrogens (tertiary/aromatic N) is 1. The van der Waals surface area contributed by atoms with Gasteiger partial charge in [-0.25, -0.2) is 4.79 Å². The van der Waals surface area contributed by atoms with Gasteiger partial charge in [-0.1, -0.05) is 32.9 Å². The second-order valence-electron chi connectivity index (χ2n) is 11.7. The van der Waals surface area contributed by atoms with Crippen molar-refractivity contribution in [2.24, 2.45) is 0 Å². The molecule has 0 spiro atoms. The van der Waals surface area contributed by atoms with Crippen molar-refractivity contribution in [3.8, 4) is 5.75 Å². The molecule has 1 aliphatic heterocycles. The molecular weight excluding hydrogens is 462 g/mol. The molecule has 0 radical (unpaired) electrons. The number of hydrazine groups is 1. The van der Waals surface area contributed by atoms with Crippen molar-refractivity contribution < 1.29 is 23.5 Å². The topological polar surface area (TPSA) is 97.0 Å². The Balaban J connectivity index is 1.74. The zero-order valence-corrected chi connectivity index (χ0v) is 23.6. The van der Waals surface area contributed by atoms with Gasteiger partial charge in [-0.15, -0.1) is 0 Å². The third-order valence-electron chi connectivity index (χ3n) is 6.48. The van der Waals surface area contributed by atoms with Crippen LogP contribution in [0.5, 0.6) is 5.75 Å². The van der Waals surface area contributed by atoms with Crippen LogP contribution in [0.25, 0.3) is 0 Å². The largest absolute Gasteiger partial charge is 0.544 e. The number of nitrogens with one attached hydrogen (secondary N) is 2. The highest BCUT2D eigenvalue weighted by Crippen LogP contribution is 2.37. The molecule has 9 heteroatoms. The average molecular weight is 506 g/mol. The molecule has 8 nitrogen and oxygen atoms in total. The summed E-state index contributed by atoms with van der Waals surface area (Å²) in [5.41, 5.74) is 5.43. The molecule has 2 N–H and O–H groups in total. The molecule has 1 aromatic carbocycles. The number of aryl methyl sites for hydroxylation is 1. The molecule has 1 heterocycles. The number of hydrogen-bond acceptors (Lipinski definition) is 5. The van der Waals surface area contributed by atoms with E-state index in [0.29, 0.717) is 25.8 Å². The molecular formula is C26H43N3O5Si. The van der Waals surface area contributed by atoms with Gasteiger partial charge in [-0.2, -0.15) is 0 Å². The summed E-state index contributed by atoms with van der Waals surface area (Å²) < 4.78 is 11.7. The molecule has 1 fully saturated rings. The first kappa shape index (κ1) is 28.7. The van der Waals surface area contributed by atoms with Crippen molar-refractivity contribution in [3.63, 3.8) is 0 Å². The number of rotatable bonds is 7. The monoisotopic (exact) mass is 505 g/mol. The molecule has 1 aliphatic rings. The normalized spacial score (nSPS) is 16.6. The molecule has 2 rings (SSSR count). The van der Waals surface area contributed by atoms with Gasteiger partial charge in [-0.05, 0) is 82.3 Å². The van der Waals surface area contributed by atoms with Crippen LogP contribution in [0.2, 0.25) is 18.1 Å². The van der Waals surface area contributed by atoms with Crippen molar-refractivity contribution in [1.82, 2.24) is 15.8 Å². The molecule has 1 atom stereocenters. The van der Waals surface area contributed by atoms with E-state index in [-0.39, 0.29) is 17.4 Å². The van der Waals surface area contributed by atoms with Crippen molar-refractivity contribution in [2.45, 2.75) is 103 Å². The van der Waals surface area contributed by atoms with E-state index in [0.717, 1.165) is 17.7 Å². The zero-order valence-electron chi connectivity index (χ0n) is 22.6. The second kappa shape index (κ2) is 11.5. The minimum atomic E-state index is -1.87. The van der Waals surface area contributed by atoms with E-state index >= 15 is 0 Å². The van der Waals surface area contributed by atoms with Crippen LogP contribution in [0.4, 0.5) is 4.79 Å². The van der Waals surface area contributed by atoms with Gasteiger partial charge in [0.2, 0.25) is 14.2 Å². The minimum absolute atomic E-state index is 0.139. The van der Waals surface area contributed by atoms with Gasteiger partial charge < -0.3 is 9.16 Å². The predicted octanol–water partition coefficient (Wildman–Crippen LogP) is 4.94. The summed E-state index contributed by atoms with van der Waals surface area (Å²) in [6.07, 6.45) is 2.42. The summed E-state index contributed by atoms with van der Waals surface area (Å²) in [6, 6.07) is 7.42. The highest BCUT2D eigenvalue weighted by molar-refractivity contribution is 6.74. The Morgan fingerprint density at radius 2 is 1.66 bits per heavy atom. The fourth-order valence-corrected chi connectivity index (χ4v) is 4.51. The van der Waals surface area contributed by atoms with Crippen LogP contribution in [-0.2, 0) is 20.7 Å². The first-order valence-corrected chi connectivity index (χ1v) is 15.4. The molecule has 0 aromatic heterocycles. The van der Waals surface area contributed by atoms with Crippen LogP contribution in [0.1, 0.15) is 72.8 Å². The summed E-state index contributed by atoms with van der Waals surface area (Å²) in [6.45, 7) is 16.9. The third-order valence-corrected chi connectivity index (χ3v) is 10.8. The van der Waals surface area contributed by atoms with E-state index in [1.165, 1.54) is 4.90 Å². The van der Waals surface area contributed by atoms with Gasteiger partial charge in [-0.3, -0.25) is 25.3 Å². The van der Waals surface area contributed by atoms with Crippen molar-refractivity contribution >= 4 is 26.2 Å². The first-order valence-electron chi connectivity index (χ1n) is 12.5. The Kier molecular flexibility index (Phi) is 9.39. The Morgan fingerprint density at radius 3 is 2.23 bits per heavy atom. The van der Waals surface area contributed by atoms with E-state index < -0.39 is 32.0 Å². The highest BCUT2D eigenvalue weighted by atomic mass is 28.4. The van der Waals surface area contributed by atoms with Crippen molar-refractivity contribution in [1.29, 1.82) is 0 Å². The summed E-state index contributed by atoms with van der Waals surface area (Å²) >= 11 is 0. The number of benzene rings is 1. The van der Waals surface area contributed by atoms with Crippen LogP contribution in [0.15, 0.2) is 24.3 Å². The molecule has 1 aromatic rings. The Morgan fingerprint density at radius 1 is 1.03 bits per heavy atom. The highest BCUT2D eigenvalue weighted by Gasteiger charge is 2.39. The SMILES string of the molecule is CC(C)(C)OC(=O)N1CCCC1C(=O)NNC(=O)CCCc1ccc(O[Si](C)(C)C(C)(C)C)cc1. The average Bonchev–Trinajstić information content (AvgIpc) is 3.21. The Labute approximate surface area is 211 Å². The van der Waals surface area contributed by atoms with Gasteiger partial charge >= 0.3 is 6.09 Å². The van der Waals surface area contributed by atoms with E-state index in [1.807, 2.05) is 24.3 Å². The second-order valence-corrected chi connectivity index (χ2v) is 16.5. The lowest BCUT2D eigenvalue weighted by atomic mass is 10.1. The van der Waals surface area contributed by atoms with E-state index in [1.54, 1.807) is 20.8 Å².